The van der Waals surface area contributed by atoms with Crippen molar-refractivity contribution in [2.24, 2.45) is 0 Å². The van der Waals surface area contributed by atoms with Crippen molar-refractivity contribution in [3.8, 4) is 0 Å². The van der Waals surface area contributed by atoms with Gasteiger partial charge in [0.15, 0.2) is 0 Å². The van der Waals surface area contributed by atoms with Crippen LogP contribution in [0.3, 0.4) is 0 Å². The summed E-state index contributed by atoms with van der Waals surface area (Å²) in [5.41, 5.74) is 0.294. The van der Waals surface area contributed by atoms with Crippen molar-refractivity contribution in [2.45, 2.75) is 40.7 Å². The van der Waals surface area contributed by atoms with Crippen LogP contribution in [-0.2, 0) is 11.3 Å². The topological polar surface area (TPSA) is 93.3 Å². The number of rotatable bonds is 8. The van der Waals surface area contributed by atoms with Crippen molar-refractivity contribution < 1.29 is 9.72 Å². The molecule has 118 valence electrons. The second-order valence-corrected chi connectivity index (χ2v) is 4.68. The molecule has 0 aliphatic heterocycles. The Morgan fingerprint density at radius 3 is 2.48 bits per heavy atom. The number of anilines is 1. The molecule has 0 bridgehead atoms. The van der Waals surface area contributed by atoms with Gasteiger partial charge in [0, 0.05) is 19.6 Å². The third-order valence-corrected chi connectivity index (χ3v) is 3.24. The lowest BCUT2D eigenvalue weighted by atomic mass is 10.3. The zero-order valence-electron chi connectivity index (χ0n) is 13.0. The van der Waals surface area contributed by atoms with Gasteiger partial charge < -0.3 is 10.2 Å². The number of nitrogens with one attached hydrogen (secondary N) is 1. The van der Waals surface area contributed by atoms with Crippen LogP contribution in [0.15, 0.2) is 0 Å². The molecule has 1 amide bonds. The normalized spacial score (nSPS) is 10.5. The highest BCUT2D eigenvalue weighted by atomic mass is 16.6. The fraction of sp³-hybridized carbons (Fsp3) is 0.692. The molecule has 0 spiro atoms. The summed E-state index contributed by atoms with van der Waals surface area (Å²) < 4.78 is 1.56. The summed E-state index contributed by atoms with van der Waals surface area (Å²) in [6.07, 6.45) is 0.803. The van der Waals surface area contributed by atoms with Gasteiger partial charge in [-0.25, -0.2) is 4.68 Å². The van der Waals surface area contributed by atoms with Crippen molar-refractivity contribution >= 4 is 17.4 Å². The molecule has 8 heteroatoms. The van der Waals surface area contributed by atoms with Gasteiger partial charge in [-0.1, -0.05) is 6.92 Å². The van der Waals surface area contributed by atoms with Gasteiger partial charge in [0.05, 0.1) is 11.5 Å². The van der Waals surface area contributed by atoms with Crippen molar-refractivity contribution in [1.82, 2.24) is 14.7 Å². The summed E-state index contributed by atoms with van der Waals surface area (Å²) in [4.78, 5) is 24.4. The number of aryl methyl sites for hydroxylation is 2. The third kappa shape index (κ3) is 3.93. The lowest BCUT2D eigenvalue weighted by Gasteiger charge is -2.19. The maximum absolute atomic E-state index is 12.0. The van der Waals surface area contributed by atoms with Gasteiger partial charge >= 0.3 is 5.69 Å². The average molecular weight is 297 g/mol. The molecule has 0 radical (unpaired) electrons. The van der Waals surface area contributed by atoms with Gasteiger partial charge in [-0.05, 0) is 27.2 Å². The first-order valence-electron chi connectivity index (χ1n) is 7.19. The summed E-state index contributed by atoms with van der Waals surface area (Å²) in [5.74, 6) is 0.219. The van der Waals surface area contributed by atoms with Crippen LogP contribution in [0.5, 0.6) is 0 Å². The quantitative estimate of drug-likeness (QED) is 0.583. The maximum atomic E-state index is 12.0. The van der Waals surface area contributed by atoms with Gasteiger partial charge in [-0.2, -0.15) is 5.10 Å². The number of nitro groups is 1. The number of nitrogens with zero attached hydrogens (tertiary/aromatic N) is 4. The fourth-order valence-corrected chi connectivity index (χ4v) is 2.19. The number of hydrogen-bond donors (Lipinski definition) is 1. The van der Waals surface area contributed by atoms with Crippen LogP contribution >= 0.6 is 0 Å². The first-order valence-corrected chi connectivity index (χ1v) is 7.19. The second-order valence-electron chi connectivity index (χ2n) is 4.68. The smallest absolute Gasteiger partial charge is 0.333 e. The number of aromatic nitrogens is 2. The molecule has 0 atom stereocenters. The average Bonchev–Trinajstić information content (AvgIpc) is 2.74. The van der Waals surface area contributed by atoms with E-state index in [0.717, 1.165) is 6.42 Å². The van der Waals surface area contributed by atoms with E-state index in [1.165, 1.54) is 0 Å². The van der Waals surface area contributed by atoms with E-state index in [-0.39, 0.29) is 18.1 Å². The summed E-state index contributed by atoms with van der Waals surface area (Å²) in [5, 5.41) is 18.2. The molecule has 0 saturated carbocycles. The van der Waals surface area contributed by atoms with E-state index >= 15 is 0 Å². The highest BCUT2D eigenvalue weighted by molar-refractivity contribution is 5.81. The van der Waals surface area contributed by atoms with E-state index in [1.807, 2.05) is 20.8 Å². The lowest BCUT2D eigenvalue weighted by Crippen LogP contribution is -2.35. The summed E-state index contributed by atoms with van der Waals surface area (Å²) in [6, 6.07) is 0. The molecule has 1 aromatic heterocycles. The zero-order valence-corrected chi connectivity index (χ0v) is 13.0. The number of amides is 1. The predicted molar refractivity (Wildman–Crippen MR) is 80.3 cm³/mol. The Morgan fingerprint density at radius 2 is 2.00 bits per heavy atom. The highest BCUT2D eigenvalue weighted by Crippen LogP contribution is 2.28. The monoisotopic (exact) mass is 297 g/mol. The number of hydrogen-bond acceptors (Lipinski definition) is 5. The van der Waals surface area contributed by atoms with E-state index in [1.54, 1.807) is 16.5 Å². The first-order chi connectivity index (χ1) is 9.96. The van der Waals surface area contributed by atoms with E-state index in [4.69, 9.17) is 0 Å². The van der Waals surface area contributed by atoms with Crippen LogP contribution in [0, 0.1) is 17.0 Å². The minimum absolute atomic E-state index is 0.0252. The van der Waals surface area contributed by atoms with Crippen LogP contribution < -0.4 is 5.32 Å². The molecular weight excluding hydrogens is 274 g/mol. The molecule has 0 unspecified atom stereocenters. The Morgan fingerprint density at radius 1 is 1.38 bits per heavy atom. The Kier molecular flexibility index (Phi) is 6.13. The summed E-state index contributed by atoms with van der Waals surface area (Å²) >= 11 is 0. The van der Waals surface area contributed by atoms with E-state index < -0.39 is 4.92 Å². The number of likely N-dealkylation sites (N-methyl/N-ethyl adjacent to an activating group) is 1. The molecule has 8 nitrogen and oxygen atoms in total. The second kappa shape index (κ2) is 7.61. The number of carbonyl (C=O) groups excluding carboxylic acids is 1. The van der Waals surface area contributed by atoms with E-state index in [2.05, 4.69) is 10.4 Å². The molecule has 0 fully saturated rings. The van der Waals surface area contributed by atoms with Crippen molar-refractivity contribution in [1.29, 1.82) is 0 Å². The zero-order chi connectivity index (χ0) is 16.0. The van der Waals surface area contributed by atoms with Gasteiger partial charge in [0.2, 0.25) is 11.7 Å². The minimum atomic E-state index is -0.460. The van der Waals surface area contributed by atoms with Gasteiger partial charge in [0.25, 0.3) is 0 Å². The maximum Gasteiger partial charge on any atom is 0.333 e. The Hall–Kier alpha value is -2.12. The molecule has 1 aromatic rings. The molecule has 1 N–H and O–H groups in total. The van der Waals surface area contributed by atoms with Gasteiger partial charge in [0.1, 0.15) is 5.69 Å². The van der Waals surface area contributed by atoms with Crippen molar-refractivity contribution in [3.05, 3.63) is 15.8 Å². The van der Waals surface area contributed by atoms with E-state index in [0.29, 0.717) is 31.1 Å². The van der Waals surface area contributed by atoms with Crippen LogP contribution in [0.25, 0.3) is 0 Å². The number of carbonyl (C=O) groups is 1. The molecule has 0 aromatic carbocycles. The van der Waals surface area contributed by atoms with Crippen LogP contribution in [0.1, 0.15) is 32.9 Å². The molecule has 0 aliphatic carbocycles. The Bertz CT molecular complexity index is 508. The minimum Gasteiger partial charge on any atom is -0.355 e. The SMILES string of the molecule is CCCn1nc(C)c([N+](=O)[O-])c1NCC(=O)N(CC)CC. The van der Waals surface area contributed by atoms with Crippen molar-refractivity contribution in [2.75, 3.05) is 25.0 Å². The van der Waals surface area contributed by atoms with Crippen molar-refractivity contribution in [3.63, 3.8) is 0 Å². The highest BCUT2D eigenvalue weighted by Gasteiger charge is 2.25. The van der Waals surface area contributed by atoms with Gasteiger partial charge in [-0.3, -0.25) is 14.9 Å². The predicted octanol–water partition coefficient (Wildman–Crippen LogP) is 1.79. The van der Waals surface area contributed by atoms with Gasteiger partial charge in [-0.15, -0.1) is 0 Å². The van der Waals surface area contributed by atoms with Crippen LogP contribution in [-0.4, -0.2) is 45.1 Å². The third-order valence-electron chi connectivity index (χ3n) is 3.24. The Labute approximate surface area is 124 Å². The molecule has 0 saturated heterocycles. The van der Waals surface area contributed by atoms with Crippen LogP contribution in [0.2, 0.25) is 0 Å². The first kappa shape index (κ1) is 16.9. The molecule has 21 heavy (non-hydrogen) atoms. The van der Waals surface area contributed by atoms with Crippen LogP contribution in [0.4, 0.5) is 11.5 Å². The molecular formula is C13H23N5O3. The molecule has 1 heterocycles. The van der Waals surface area contributed by atoms with E-state index in [9.17, 15) is 14.9 Å². The Balaban J connectivity index is 2.95. The fourth-order valence-electron chi connectivity index (χ4n) is 2.19. The lowest BCUT2D eigenvalue weighted by molar-refractivity contribution is -0.384. The largest absolute Gasteiger partial charge is 0.355 e. The molecule has 1 rings (SSSR count). The summed E-state index contributed by atoms with van der Waals surface area (Å²) in [7, 11) is 0. The standard InChI is InChI=1S/C13H23N5O3/c1-5-8-17-13(12(18(20)21)10(4)15-17)14-9-11(19)16(6-2)7-3/h14H,5-9H2,1-4H3. The summed E-state index contributed by atoms with van der Waals surface area (Å²) in [6.45, 7) is 9.19. The molecule has 0 aliphatic rings.